The average molecular weight is 258 g/mol. The minimum atomic E-state index is -1.03. The topological polar surface area (TPSA) is 75.6 Å². The Balaban J connectivity index is 2.66. The van der Waals surface area contributed by atoms with Crippen LogP contribution in [0.1, 0.15) is 16.8 Å². The summed E-state index contributed by atoms with van der Waals surface area (Å²) in [5.74, 6) is -1.37. The second kappa shape index (κ2) is 6.10. The van der Waals surface area contributed by atoms with Gasteiger partial charge in [-0.1, -0.05) is 11.6 Å². The Bertz CT molecular complexity index is 433. The number of ether oxygens (including phenoxy) is 1. The fraction of sp³-hybridized carbons (Fsp3) is 0.273. The van der Waals surface area contributed by atoms with Crippen LogP contribution in [0.5, 0.6) is 0 Å². The van der Waals surface area contributed by atoms with Gasteiger partial charge in [-0.3, -0.25) is 4.79 Å². The van der Waals surface area contributed by atoms with E-state index in [-0.39, 0.29) is 18.0 Å². The number of hydrogen-bond acceptors (Lipinski definition) is 4. The number of hydrogen-bond donors (Lipinski definition) is 2. The van der Waals surface area contributed by atoms with Gasteiger partial charge in [-0.25, -0.2) is 4.79 Å². The lowest BCUT2D eigenvalue weighted by Gasteiger charge is -2.08. The van der Waals surface area contributed by atoms with E-state index in [1.807, 2.05) is 0 Å². The molecule has 1 rings (SSSR count). The number of benzene rings is 1. The minimum Gasteiger partial charge on any atom is -0.478 e. The number of methoxy groups -OCH3 is 1. The van der Waals surface area contributed by atoms with Crippen LogP contribution in [-0.2, 0) is 9.53 Å². The minimum absolute atomic E-state index is 0.134. The highest BCUT2D eigenvalue weighted by molar-refractivity contribution is 6.33. The van der Waals surface area contributed by atoms with Gasteiger partial charge >= 0.3 is 11.9 Å². The van der Waals surface area contributed by atoms with Crippen molar-refractivity contribution in [2.24, 2.45) is 0 Å². The molecule has 0 bridgehead atoms. The zero-order valence-electron chi connectivity index (χ0n) is 9.20. The predicted molar refractivity (Wildman–Crippen MR) is 63.5 cm³/mol. The van der Waals surface area contributed by atoms with Crippen molar-refractivity contribution in [2.75, 3.05) is 19.0 Å². The van der Waals surface area contributed by atoms with Crippen molar-refractivity contribution < 1.29 is 19.4 Å². The molecular formula is C11H12ClNO4. The van der Waals surface area contributed by atoms with Gasteiger partial charge in [0.25, 0.3) is 0 Å². The van der Waals surface area contributed by atoms with Gasteiger partial charge in [0, 0.05) is 6.54 Å². The van der Waals surface area contributed by atoms with Gasteiger partial charge in [0.05, 0.1) is 29.8 Å². The Morgan fingerprint density at radius 1 is 1.47 bits per heavy atom. The van der Waals surface area contributed by atoms with E-state index >= 15 is 0 Å². The molecule has 0 amide bonds. The molecule has 0 aromatic heterocycles. The van der Waals surface area contributed by atoms with E-state index in [1.165, 1.54) is 25.3 Å². The van der Waals surface area contributed by atoms with Crippen LogP contribution in [0.4, 0.5) is 5.69 Å². The Morgan fingerprint density at radius 2 is 2.18 bits per heavy atom. The summed E-state index contributed by atoms with van der Waals surface area (Å²) in [5, 5.41) is 12.1. The summed E-state index contributed by atoms with van der Waals surface area (Å²) in [5.41, 5.74) is 0.616. The summed E-state index contributed by atoms with van der Waals surface area (Å²) in [6.45, 7) is 0.329. The van der Waals surface area contributed by atoms with Crippen molar-refractivity contribution in [3.8, 4) is 0 Å². The standard InChI is InChI=1S/C11H12ClNO4/c1-17-10(14)4-5-13-9-6-7(11(15)16)2-3-8(9)12/h2-3,6,13H,4-5H2,1H3,(H,15,16). The van der Waals surface area contributed by atoms with E-state index in [0.717, 1.165) is 0 Å². The Kier molecular flexibility index (Phi) is 4.78. The fourth-order valence-electron chi connectivity index (χ4n) is 1.20. The molecule has 0 unspecified atom stereocenters. The highest BCUT2D eigenvalue weighted by Gasteiger charge is 2.07. The monoisotopic (exact) mass is 257 g/mol. The van der Waals surface area contributed by atoms with E-state index < -0.39 is 5.97 Å². The summed E-state index contributed by atoms with van der Waals surface area (Å²) >= 11 is 5.88. The van der Waals surface area contributed by atoms with Gasteiger partial charge in [-0.05, 0) is 18.2 Å². The van der Waals surface area contributed by atoms with Gasteiger partial charge in [0.1, 0.15) is 0 Å². The summed E-state index contributed by atoms with van der Waals surface area (Å²) in [6, 6.07) is 4.32. The van der Waals surface area contributed by atoms with Gasteiger partial charge in [-0.15, -0.1) is 0 Å². The van der Waals surface area contributed by atoms with Gasteiger partial charge in [0.15, 0.2) is 0 Å². The van der Waals surface area contributed by atoms with Gasteiger partial charge in [0.2, 0.25) is 0 Å². The zero-order chi connectivity index (χ0) is 12.8. The Hall–Kier alpha value is -1.75. The number of nitrogens with one attached hydrogen (secondary N) is 1. The van der Waals surface area contributed by atoms with Crippen LogP contribution in [0.2, 0.25) is 5.02 Å². The molecule has 0 radical (unpaired) electrons. The van der Waals surface area contributed by atoms with Crippen LogP contribution in [-0.4, -0.2) is 30.7 Å². The molecule has 0 aliphatic heterocycles. The number of carboxylic acid groups (broad SMARTS) is 1. The highest BCUT2D eigenvalue weighted by atomic mass is 35.5. The zero-order valence-corrected chi connectivity index (χ0v) is 9.95. The van der Waals surface area contributed by atoms with Crippen molar-refractivity contribution in [1.82, 2.24) is 0 Å². The molecule has 17 heavy (non-hydrogen) atoms. The Morgan fingerprint density at radius 3 is 2.76 bits per heavy atom. The number of carboxylic acids is 1. The van der Waals surface area contributed by atoms with Crippen LogP contribution in [0.25, 0.3) is 0 Å². The molecule has 5 nitrogen and oxygen atoms in total. The molecule has 2 N–H and O–H groups in total. The third kappa shape index (κ3) is 3.96. The van der Waals surface area contributed by atoms with E-state index in [0.29, 0.717) is 17.3 Å². The first kappa shape index (κ1) is 13.3. The van der Waals surface area contributed by atoms with Crippen LogP contribution >= 0.6 is 11.6 Å². The van der Waals surface area contributed by atoms with Gasteiger partial charge in [-0.2, -0.15) is 0 Å². The fourth-order valence-corrected chi connectivity index (χ4v) is 1.38. The van der Waals surface area contributed by atoms with Crippen molar-refractivity contribution in [3.05, 3.63) is 28.8 Å². The molecule has 92 valence electrons. The van der Waals surface area contributed by atoms with Crippen LogP contribution in [0, 0.1) is 0 Å². The first-order valence-electron chi connectivity index (χ1n) is 4.88. The van der Waals surface area contributed by atoms with Crippen LogP contribution < -0.4 is 5.32 Å². The molecule has 0 aliphatic rings. The summed E-state index contributed by atoms with van der Waals surface area (Å²) in [7, 11) is 1.31. The van der Waals surface area contributed by atoms with Gasteiger partial charge < -0.3 is 15.2 Å². The molecule has 0 saturated heterocycles. The van der Waals surface area contributed by atoms with E-state index in [4.69, 9.17) is 16.7 Å². The molecule has 0 saturated carbocycles. The maximum Gasteiger partial charge on any atom is 0.335 e. The lowest BCUT2D eigenvalue weighted by atomic mass is 10.2. The largest absolute Gasteiger partial charge is 0.478 e. The first-order chi connectivity index (χ1) is 8.04. The van der Waals surface area contributed by atoms with Crippen molar-refractivity contribution >= 4 is 29.2 Å². The predicted octanol–water partition coefficient (Wildman–Crippen LogP) is 2.01. The molecule has 0 fully saturated rings. The van der Waals surface area contributed by atoms with Crippen molar-refractivity contribution in [1.29, 1.82) is 0 Å². The number of rotatable bonds is 5. The molecule has 0 spiro atoms. The maximum atomic E-state index is 10.9. The smallest absolute Gasteiger partial charge is 0.335 e. The molecular weight excluding hydrogens is 246 g/mol. The number of aromatic carboxylic acids is 1. The normalized spacial score (nSPS) is 9.76. The second-order valence-corrected chi connectivity index (χ2v) is 3.66. The van der Waals surface area contributed by atoms with Crippen molar-refractivity contribution in [2.45, 2.75) is 6.42 Å². The number of halogens is 1. The van der Waals surface area contributed by atoms with E-state index in [9.17, 15) is 9.59 Å². The lowest BCUT2D eigenvalue weighted by molar-refractivity contribution is -0.140. The highest BCUT2D eigenvalue weighted by Crippen LogP contribution is 2.22. The maximum absolute atomic E-state index is 10.9. The molecule has 0 heterocycles. The number of carbonyl (C=O) groups is 2. The first-order valence-corrected chi connectivity index (χ1v) is 5.26. The number of esters is 1. The lowest BCUT2D eigenvalue weighted by Crippen LogP contribution is -2.10. The summed E-state index contributed by atoms with van der Waals surface area (Å²) < 4.78 is 4.47. The number of carbonyl (C=O) groups excluding carboxylic acids is 1. The van der Waals surface area contributed by atoms with Crippen LogP contribution in [0.15, 0.2) is 18.2 Å². The SMILES string of the molecule is COC(=O)CCNc1cc(C(=O)O)ccc1Cl. The molecule has 6 heteroatoms. The molecule has 0 atom stereocenters. The summed E-state index contributed by atoms with van der Waals surface area (Å²) in [6.07, 6.45) is 0.185. The summed E-state index contributed by atoms with van der Waals surface area (Å²) in [4.78, 5) is 21.6. The van der Waals surface area contributed by atoms with Crippen LogP contribution in [0.3, 0.4) is 0 Å². The molecule has 1 aromatic carbocycles. The third-order valence-electron chi connectivity index (χ3n) is 2.09. The average Bonchev–Trinajstić information content (AvgIpc) is 2.30. The van der Waals surface area contributed by atoms with E-state index in [2.05, 4.69) is 10.1 Å². The Labute approximate surface area is 103 Å². The molecule has 1 aromatic rings. The number of anilines is 1. The second-order valence-electron chi connectivity index (χ2n) is 3.25. The molecule has 0 aliphatic carbocycles. The quantitative estimate of drug-likeness (QED) is 0.789. The third-order valence-corrected chi connectivity index (χ3v) is 2.42. The van der Waals surface area contributed by atoms with Crippen molar-refractivity contribution in [3.63, 3.8) is 0 Å². The van der Waals surface area contributed by atoms with E-state index in [1.54, 1.807) is 0 Å².